The molecule has 1 N–H and O–H groups in total. The molecule has 0 aromatic heterocycles. The van der Waals surface area contributed by atoms with E-state index in [2.05, 4.69) is 22.0 Å². The molecule has 0 bridgehead atoms. The highest BCUT2D eigenvalue weighted by Gasteiger charge is 2.74. The highest BCUT2D eigenvalue weighted by Crippen LogP contribution is 2.59. The average molecular weight is 359 g/mol. The van der Waals surface area contributed by atoms with Gasteiger partial charge in [-0.1, -0.05) is 11.6 Å². The van der Waals surface area contributed by atoms with Crippen molar-refractivity contribution >= 4 is 15.9 Å². The number of hydrogen-bond donors (Lipinski definition) is 1. The quantitative estimate of drug-likeness (QED) is 0.608. The number of hydrogen-bond acceptors (Lipinski definition) is 4. The Hall–Kier alpha value is -0.200. The molecule has 2 fully saturated rings. The average Bonchev–Trinajstić information content (AvgIpc) is 3.10. The number of fused-ring (bicyclic) bond motifs is 2. The summed E-state index contributed by atoms with van der Waals surface area (Å²) in [4.78, 5) is 0. The molecule has 1 aliphatic carbocycles. The lowest BCUT2D eigenvalue weighted by Crippen LogP contribution is -2.56. The zero-order valence-electron chi connectivity index (χ0n) is 12.9. The largest absolute Gasteiger partial charge is 0.386 e. The van der Waals surface area contributed by atoms with Gasteiger partial charge in [-0.25, -0.2) is 0 Å². The molecule has 3 aliphatic rings. The molecule has 5 heteroatoms. The Kier molecular flexibility index (Phi) is 3.86. The predicted octanol–water partition coefficient (Wildman–Crippen LogP) is 3.04. The predicted molar refractivity (Wildman–Crippen MR) is 83.1 cm³/mol. The number of allylic oxidation sites excluding steroid dienone is 1. The maximum absolute atomic E-state index is 10.4. The Balaban J connectivity index is 1.93. The first-order valence-electron chi connectivity index (χ1n) is 7.53. The van der Waals surface area contributed by atoms with Crippen LogP contribution in [0, 0.1) is 0 Å². The van der Waals surface area contributed by atoms with Crippen molar-refractivity contribution in [1.82, 2.24) is 0 Å². The van der Waals surface area contributed by atoms with Crippen LogP contribution in [0.4, 0.5) is 0 Å². The van der Waals surface area contributed by atoms with Crippen LogP contribution < -0.4 is 0 Å². The first kappa shape index (κ1) is 15.7. The van der Waals surface area contributed by atoms with Crippen molar-refractivity contribution in [3.05, 3.63) is 22.2 Å². The van der Waals surface area contributed by atoms with E-state index in [1.807, 2.05) is 27.7 Å². The lowest BCUT2D eigenvalue weighted by atomic mass is 9.84. The second kappa shape index (κ2) is 5.17. The molecule has 2 aliphatic heterocycles. The number of rotatable bonds is 2. The molecular formula is C16H23BrO4. The molecule has 0 saturated carbocycles. The third kappa shape index (κ3) is 2.43. The van der Waals surface area contributed by atoms with Gasteiger partial charge in [0.05, 0.1) is 16.7 Å². The summed E-state index contributed by atoms with van der Waals surface area (Å²) in [6.07, 6.45) is 4.63. The summed E-state index contributed by atoms with van der Waals surface area (Å²) in [7, 11) is 0. The van der Waals surface area contributed by atoms with Gasteiger partial charge in [-0.2, -0.15) is 0 Å². The summed E-state index contributed by atoms with van der Waals surface area (Å²) in [6, 6.07) is 0. The molecule has 0 unspecified atom stereocenters. The van der Waals surface area contributed by atoms with Crippen molar-refractivity contribution in [3.8, 4) is 0 Å². The van der Waals surface area contributed by atoms with Crippen LogP contribution >= 0.6 is 15.9 Å². The molecule has 4 nitrogen and oxygen atoms in total. The minimum absolute atomic E-state index is 0.0929. The third-order valence-electron chi connectivity index (χ3n) is 4.45. The monoisotopic (exact) mass is 358 g/mol. The maximum atomic E-state index is 10.4. The SMILES string of the molecule is CC(C)=CC[C@@]12O[C@@H]1C1(O[C@H](C)C[C@@H](C)O1)C(Br)=C[C@@H]2O. The summed E-state index contributed by atoms with van der Waals surface area (Å²) in [5.41, 5.74) is 0.589. The Morgan fingerprint density at radius 1 is 1.33 bits per heavy atom. The van der Waals surface area contributed by atoms with Gasteiger partial charge in [-0.05, 0) is 56.1 Å². The minimum Gasteiger partial charge on any atom is -0.386 e. The van der Waals surface area contributed by atoms with Gasteiger partial charge in [0.1, 0.15) is 17.8 Å². The van der Waals surface area contributed by atoms with Crippen LogP contribution in [0.3, 0.4) is 0 Å². The lowest BCUT2D eigenvalue weighted by molar-refractivity contribution is -0.296. The molecule has 3 rings (SSSR count). The van der Waals surface area contributed by atoms with E-state index in [4.69, 9.17) is 14.2 Å². The molecule has 0 aromatic carbocycles. The summed E-state index contributed by atoms with van der Waals surface area (Å²) in [6.45, 7) is 8.18. The normalized spacial score (nSPS) is 48.6. The van der Waals surface area contributed by atoms with Gasteiger partial charge in [0.15, 0.2) is 0 Å². The third-order valence-corrected chi connectivity index (χ3v) is 5.27. The van der Waals surface area contributed by atoms with E-state index >= 15 is 0 Å². The molecule has 1 spiro atoms. The fraction of sp³-hybridized carbons (Fsp3) is 0.750. The standard InChI is InChI=1S/C16H23BrO4/c1-9(2)5-6-15-13(18)8-12(17)16(14(15)21-15)19-10(3)7-11(4)20-16/h5,8,10-11,13-14,18H,6-7H2,1-4H3/t10-,11-,13+,14+,15+/m1/s1. The van der Waals surface area contributed by atoms with Gasteiger partial charge >= 0.3 is 0 Å². The summed E-state index contributed by atoms with van der Waals surface area (Å²) < 4.78 is 19.0. The Labute approximate surface area is 134 Å². The molecule has 0 amide bonds. The molecule has 5 atom stereocenters. The first-order valence-corrected chi connectivity index (χ1v) is 8.32. The fourth-order valence-electron chi connectivity index (χ4n) is 3.40. The van der Waals surface area contributed by atoms with E-state index in [9.17, 15) is 5.11 Å². The van der Waals surface area contributed by atoms with Crippen LogP contribution in [0.5, 0.6) is 0 Å². The van der Waals surface area contributed by atoms with E-state index in [1.165, 1.54) is 5.57 Å². The molecule has 2 saturated heterocycles. The van der Waals surface area contributed by atoms with Crippen LogP contribution in [-0.4, -0.2) is 40.9 Å². The van der Waals surface area contributed by atoms with E-state index in [0.29, 0.717) is 6.42 Å². The van der Waals surface area contributed by atoms with Crippen LogP contribution in [0.2, 0.25) is 0 Å². The van der Waals surface area contributed by atoms with Crippen LogP contribution in [-0.2, 0) is 14.2 Å². The van der Waals surface area contributed by atoms with Crippen molar-refractivity contribution in [2.45, 2.75) is 76.3 Å². The van der Waals surface area contributed by atoms with Crippen molar-refractivity contribution < 1.29 is 19.3 Å². The van der Waals surface area contributed by atoms with Crippen LogP contribution in [0.25, 0.3) is 0 Å². The highest BCUT2D eigenvalue weighted by atomic mass is 79.9. The zero-order valence-corrected chi connectivity index (χ0v) is 14.5. The number of epoxide rings is 1. The smallest absolute Gasteiger partial charge is 0.232 e. The number of aliphatic hydroxyl groups is 1. The van der Waals surface area contributed by atoms with E-state index in [0.717, 1.165) is 10.9 Å². The molecule has 0 aromatic rings. The summed E-state index contributed by atoms with van der Waals surface area (Å²) >= 11 is 3.53. The Morgan fingerprint density at radius 3 is 2.52 bits per heavy atom. The topological polar surface area (TPSA) is 51.2 Å². The number of halogens is 1. The zero-order chi connectivity index (χ0) is 15.4. The number of aliphatic hydroxyl groups excluding tert-OH is 1. The van der Waals surface area contributed by atoms with E-state index < -0.39 is 17.5 Å². The van der Waals surface area contributed by atoms with Crippen molar-refractivity contribution in [1.29, 1.82) is 0 Å². The molecule has 118 valence electrons. The first-order chi connectivity index (χ1) is 9.80. The molecule has 21 heavy (non-hydrogen) atoms. The van der Waals surface area contributed by atoms with Crippen LogP contribution in [0.1, 0.15) is 40.5 Å². The van der Waals surface area contributed by atoms with Gasteiger partial charge in [0, 0.05) is 6.42 Å². The Morgan fingerprint density at radius 2 is 1.95 bits per heavy atom. The minimum atomic E-state index is -0.911. The van der Waals surface area contributed by atoms with Gasteiger partial charge in [-0.15, -0.1) is 0 Å². The van der Waals surface area contributed by atoms with Crippen molar-refractivity contribution in [2.24, 2.45) is 0 Å². The summed E-state index contributed by atoms with van der Waals surface area (Å²) in [5.74, 6) is -0.911. The molecule has 0 radical (unpaired) electrons. The summed E-state index contributed by atoms with van der Waals surface area (Å²) in [5, 5.41) is 10.4. The van der Waals surface area contributed by atoms with Crippen molar-refractivity contribution in [3.63, 3.8) is 0 Å². The molecule has 2 heterocycles. The fourth-order valence-corrected chi connectivity index (χ4v) is 4.04. The Bertz CT molecular complexity index is 487. The van der Waals surface area contributed by atoms with E-state index in [-0.39, 0.29) is 18.3 Å². The second-order valence-corrected chi connectivity index (χ2v) is 7.51. The van der Waals surface area contributed by atoms with Gasteiger partial charge in [0.25, 0.3) is 0 Å². The van der Waals surface area contributed by atoms with Crippen molar-refractivity contribution in [2.75, 3.05) is 0 Å². The maximum Gasteiger partial charge on any atom is 0.232 e. The number of ether oxygens (including phenoxy) is 3. The van der Waals surface area contributed by atoms with Gasteiger partial charge < -0.3 is 19.3 Å². The van der Waals surface area contributed by atoms with Gasteiger partial charge in [0.2, 0.25) is 5.79 Å². The highest BCUT2D eigenvalue weighted by molar-refractivity contribution is 9.11. The van der Waals surface area contributed by atoms with Crippen LogP contribution in [0.15, 0.2) is 22.2 Å². The van der Waals surface area contributed by atoms with E-state index in [1.54, 1.807) is 6.08 Å². The lowest BCUT2D eigenvalue weighted by Gasteiger charge is -2.44. The second-order valence-electron chi connectivity index (χ2n) is 6.66. The van der Waals surface area contributed by atoms with Gasteiger partial charge in [-0.3, -0.25) is 0 Å². The molecular weight excluding hydrogens is 336 g/mol.